The highest BCUT2D eigenvalue weighted by Crippen LogP contribution is 2.22. The zero-order chi connectivity index (χ0) is 11.7. The van der Waals surface area contributed by atoms with E-state index in [4.69, 9.17) is 0 Å². The predicted molar refractivity (Wildman–Crippen MR) is 72.9 cm³/mol. The number of fused-ring (bicyclic) bond motifs is 1. The molecule has 88 valence electrons. The molecule has 0 spiro atoms. The van der Waals surface area contributed by atoms with E-state index in [1.807, 2.05) is 6.08 Å². The molecule has 1 aromatic carbocycles. The number of likely N-dealkylation sites (tertiary alicyclic amines) is 1. The Bertz CT molecular complexity index is 533. The summed E-state index contributed by atoms with van der Waals surface area (Å²) in [4.78, 5) is 5.89. The summed E-state index contributed by atoms with van der Waals surface area (Å²) in [6.45, 7) is 7.38. The van der Waals surface area contributed by atoms with Crippen LogP contribution in [0, 0.1) is 0 Å². The van der Waals surface area contributed by atoms with E-state index in [0.29, 0.717) is 0 Å². The van der Waals surface area contributed by atoms with E-state index in [9.17, 15) is 0 Å². The van der Waals surface area contributed by atoms with E-state index in [-0.39, 0.29) is 0 Å². The lowest BCUT2D eigenvalue weighted by Gasteiger charge is -2.13. The topological polar surface area (TPSA) is 19.0 Å². The van der Waals surface area contributed by atoms with Crippen molar-refractivity contribution in [1.82, 2.24) is 9.88 Å². The molecule has 0 aliphatic carbocycles. The van der Waals surface area contributed by atoms with Crippen molar-refractivity contribution in [3.8, 4) is 0 Å². The van der Waals surface area contributed by atoms with Crippen LogP contribution in [0.15, 0.2) is 31.0 Å². The van der Waals surface area contributed by atoms with Gasteiger partial charge < -0.3 is 4.98 Å². The lowest BCUT2D eigenvalue weighted by atomic mass is 10.1. The average molecular weight is 226 g/mol. The summed E-state index contributed by atoms with van der Waals surface area (Å²) in [5.74, 6) is 0. The summed E-state index contributed by atoms with van der Waals surface area (Å²) in [6.07, 6.45) is 6.74. The fourth-order valence-electron chi connectivity index (χ4n) is 2.64. The molecule has 2 nitrogen and oxygen atoms in total. The van der Waals surface area contributed by atoms with Crippen LogP contribution in [-0.4, -0.2) is 23.0 Å². The van der Waals surface area contributed by atoms with Gasteiger partial charge in [-0.2, -0.15) is 0 Å². The number of aromatic nitrogens is 1. The van der Waals surface area contributed by atoms with Crippen LogP contribution in [0.1, 0.15) is 24.0 Å². The highest BCUT2D eigenvalue weighted by atomic mass is 15.1. The van der Waals surface area contributed by atoms with Gasteiger partial charge in [-0.3, -0.25) is 4.90 Å². The summed E-state index contributed by atoms with van der Waals surface area (Å²) >= 11 is 0. The largest absolute Gasteiger partial charge is 0.361 e. The van der Waals surface area contributed by atoms with Gasteiger partial charge in [0.05, 0.1) is 0 Å². The van der Waals surface area contributed by atoms with Crippen LogP contribution in [-0.2, 0) is 6.54 Å². The molecule has 2 aromatic rings. The van der Waals surface area contributed by atoms with Crippen LogP contribution in [0.5, 0.6) is 0 Å². The fourth-order valence-corrected chi connectivity index (χ4v) is 2.64. The van der Waals surface area contributed by atoms with Crippen molar-refractivity contribution in [2.24, 2.45) is 0 Å². The smallest absolute Gasteiger partial charge is 0.0463 e. The maximum Gasteiger partial charge on any atom is 0.0463 e. The second kappa shape index (κ2) is 4.38. The molecule has 3 rings (SSSR count). The van der Waals surface area contributed by atoms with Gasteiger partial charge in [-0.15, -0.1) is 0 Å². The van der Waals surface area contributed by atoms with E-state index < -0.39 is 0 Å². The lowest BCUT2D eigenvalue weighted by molar-refractivity contribution is 0.332. The van der Waals surface area contributed by atoms with E-state index >= 15 is 0 Å². The zero-order valence-corrected chi connectivity index (χ0v) is 10.1. The Labute approximate surface area is 102 Å². The maximum atomic E-state index is 3.81. The molecule has 0 radical (unpaired) electrons. The highest BCUT2D eigenvalue weighted by Gasteiger charge is 2.13. The molecule has 1 saturated heterocycles. The third-order valence-corrected chi connectivity index (χ3v) is 3.62. The summed E-state index contributed by atoms with van der Waals surface area (Å²) in [5, 5.41) is 1.35. The molecule has 1 fully saturated rings. The van der Waals surface area contributed by atoms with Gasteiger partial charge in [-0.05, 0) is 43.1 Å². The summed E-state index contributed by atoms with van der Waals surface area (Å²) < 4.78 is 0. The SMILES string of the molecule is C=Cc1ccc2c(CN3CCCC3)c[nH]c2c1. The normalized spacial score (nSPS) is 16.7. The van der Waals surface area contributed by atoms with Crippen molar-refractivity contribution >= 4 is 17.0 Å². The van der Waals surface area contributed by atoms with Gasteiger partial charge in [0.25, 0.3) is 0 Å². The molecule has 1 N–H and O–H groups in total. The van der Waals surface area contributed by atoms with Crippen LogP contribution < -0.4 is 0 Å². The Morgan fingerprint density at radius 2 is 2.12 bits per heavy atom. The van der Waals surface area contributed by atoms with Gasteiger partial charge in [0.1, 0.15) is 0 Å². The molecular formula is C15H18N2. The first-order valence-electron chi connectivity index (χ1n) is 6.31. The van der Waals surface area contributed by atoms with Gasteiger partial charge >= 0.3 is 0 Å². The first kappa shape index (κ1) is 10.6. The number of benzene rings is 1. The third-order valence-electron chi connectivity index (χ3n) is 3.62. The van der Waals surface area contributed by atoms with Gasteiger partial charge in [0.2, 0.25) is 0 Å². The van der Waals surface area contributed by atoms with Crippen molar-refractivity contribution in [3.63, 3.8) is 0 Å². The number of nitrogens with one attached hydrogen (secondary N) is 1. The Kier molecular flexibility index (Phi) is 2.73. The number of hydrogen-bond donors (Lipinski definition) is 1. The molecule has 0 bridgehead atoms. The number of hydrogen-bond acceptors (Lipinski definition) is 1. The fraction of sp³-hybridized carbons (Fsp3) is 0.333. The minimum absolute atomic E-state index is 1.08. The molecular weight excluding hydrogens is 208 g/mol. The van der Waals surface area contributed by atoms with E-state index in [1.54, 1.807) is 0 Å². The van der Waals surface area contributed by atoms with Crippen LogP contribution in [0.3, 0.4) is 0 Å². The quantitative estimate of drug-likeness (QED) is 0.849. The van der Waals surface area contributed by atoms with Crippen LogP contribution in [0.4, 0.5) is 0 Å². The number of nitrogens with zero attached hydrogens (tertiary/aromatic N) is 1. The van der Waals surface area contributed by atoms with Gasteiger partial charge in [-0.25, -0.2) is 0 Å². The zero-order valence-electron chi connectivity index (χ0n) is 10.1. The van der Waals surface area contributed by atoms with Crippen LogP contribution >= 0.6 is 0 Å². The summed E-state index contributed by atoms with van der Waals surface area (Å²) in [7, 11) is 0. The molecule has 2 heteroatoms. The number of rotatable bonds is 3. The second-order valence-electron chi connectivity index (χ2n) is 4.81. The van der Waals surface area contributed by atoms with Crippen LogP contribution in [0.2, 0.25) is 0 Å². The molecule has 1 aliphatic rings. The maximum absolute atomic E-state index is 3.81. The number of aromatic amines is 1. The average Bonchev–Trinajstić information content (AvgIpc) is 2.99. The molecule has 17 heavy (non-hydrogen) atoms. The summed E-state index contributed by atoms with van der Waals surface area (Å²) in [6, 6.07) is 6.50. The Morgan fingerprint density at radius 3 is 2.88 bits per heavy atom. The Morgan fingerprint density at radius 1 is 1.29 bits per heavy atom. The molecule has 0 saturated carbocycles. The third kappa shape index (κ3) is 2.01. The van der Waals surface area contributed by atoms with Crippen molar-refractivity contribution < 1.29 is 0 Å². The van der Waals surface area contributed by atoms with E-state index in [1.165, 1.54) is 48.0 Å². The molecule has 1 aliphatic heterocycles. The molecule has 0 atom stereocenters. The van der Waals surface area contributed by atoms with Crippen molar-refractivity contribution in [2.75, 3.05) is 13.1 Å². The van der Waals surface area contributed by atoms with Crippen LogP contribution in [0.25, 0.3) is 17.0 Å². The Hall–Kier alpha value is -1.54. The van der Waals surface area contributed by atoms with Gasteiger partial charge in [0, 0.05) is 23.6 Å². The second-order valence-corrected chi connectivity index (χ2v) is 4.81. The summed E-state index contributed by atoms with van der Waals surface area (Å²) in [5.41, 5.74) is 3.81. The molecule has 0 unspecified atom stereocenters. The van der Waals surface area contributed by atoms with Gasteiger partial charge in [-0.1, -0.05) is 24.8 Å². The first-order chi connectivity index (χ1) is 8.36. The molecule has 0 amide bonds. The Balaban J connectivity index is 1.91. The first-order valence-corrected chi connectivity index (χ1v) is 6.31. The van der Waals surface area contributed by atoms with Crippen molar-refractivity contribution in [2.45, 2.75) is 19.4 Å². The molecule has 2 heterocycles. The van der Waals surface area contributed by atoms with E-state index in [0.717, 1.165) is 6.54 Å². The van der Waals surface area contributed by atoms with Crippen molar-refractivity contribution in [3.05, 3.63) is 42.1 Å². The minimum Gasteiger partial charge on any atom is -0.361 e. The monoisotopic (exact) mass is 226 g/mol. The van der Waals surface area contributed by atoms with Crippen molar-refractivity contribution in [1.29, 1.82) is 0 Å². The standard InChI is InChI=1S/C15H18N2/c1-2-12-5-6-14-13(10-16-15(14)9-12)11-17-7-3-4-8-17/h2,5-6,9-10,16H,1,3-4,7-8,11H2. The predicted octanol–water partition coefficient (Wildman–Crippen LogP) is 3.41. The van der Waals surface area contributed by atoms with E-state index in [2.05, 4.69) is 40.9 Å². The highest BCUT2D eigenvalue weighted by molar-refractivity contribution is 5.85. The molecule has 1 aromatic heterocycles. The number of H-pyrrole nitrogens is 1. The lowest BCUT2D eigenvalue weighted by Crippen LogP contribution is -2.17. The van der Waals surface area contributed by atoms with Gasteiger partial charge in [0.15, 0.2) is 0 Å². The minimum atomic E-state index is 1.08.